The number of carboxylic acid groups (broad SMARTS) is 1. The standard InChI is InChI=1S/C19H24O3/c20-19(21)10-6-2-3-7-16-11-13-18(14-12-16)22-15-17-8-4-1-5-9-17/h4,8-9,11-14H,1-3,5-7,10,15H2,(H,20,21). The highest BCUT2D eigenvalue weighted by atomic mass is 16.5. The van der Waals surface area contributed by atoms with E-state index >= 15 is 0 Å². The average molecular weight is 300 g/mol. The predicted octanol–water partition coefficient (Wildman–Crippen LogP) is 4.53. The number of carboxylic acids is 1. The zero-order valence-corrected chi connectivity index (χ0v) is 13.0. The van der Waals surface area contributed by atoms with Gasteiger partial charge in [0.05, 0.1) is 0 Å². The summed E-state index contributed by atoms with van der Waals surface area (Å²) in [5, 5.41) is 8.58. The van der Waals surface area contributed by atoms with E-state index < -0.39 is 5.97 Å². The van der Waals surface area contributed by atoms with E-state index in [4.69, 9.17) is 9.84 Å². The third kappa shape index (κ3) is 6.17. The molecule has 0 unspecified atom stereocenters. The Morgan fingerprint density at radius 2 is 1.91 bits per heavy atom. The zero-order chi connectivity index (χ0) is 15.6. The normalized spacial score (nSPS) is 13.7. The molecule has 118 valence electrons. The number of aliphatic carboxylic acids is 1. The number of benzene rings is 1. The minimum Gasteiger partial charge on any atom is -0.489 e. The van der Waals surface area contributed by atoms with E-state index in [1.54, 1.807) is 0 Å². The molecule has 0 amide bonds. The van der Waals surface area contributed by atoms with Gasteiger partial charge in [-0.2, -0.15) is 0 Å². The topological polar surface area (TPSA) is 46.5 Å². The largest absolute Gasteiger partial charge is 0.489 e. The van der Waals surface area contributed by atoms with E-state index in [2.05, 4.69) is 30.4 Å². The maximum atomic E-state index is 10.4. The Kier molecular flexibility index (Phi) is 6.75. The zero-order valence-electron chi connectivity index (χ0n) is 13.0. The van der Waals surface area contributed by atoms with Crippen LogP contribution in [0.15, 0.2) is 48.1 Å². The lowest BCUT2D eigenvalue weighted by Gasteiger charge is -2.10. The van der Waals surface area contributed by atoms with Gasteiger partial charge in [0.25, 0.3) is 0 Å². The summed E-state index contributed by atoms with van der Waals surface area (Å²) in [4.78, 5) is 10.4. The molecular formula is C19H24O3. The lowest BCUT2D eigenvalue weighted by atomic mass is 10.1. The second-order valence-electron chi connectivity index (χ2n) is 5.65. The van der Waals surface area contributed by atoms with Crippen molar-refractivity contribution in [2.24, 2.45) is 0 Å². The van der Waals surface area contributed by atoms with Crippen molar-refractivity contribution in [3.63, 3.8) is 0 Å². The number of aryl methyl sites for hydroxylation is 1. The molecular weight excluding hydrogens is 276 g/mol. The molecule has 0 aromatic heterocycles. The van der Waals surface area contributed by atoms with Crippen LogP contribution in [0, 0.1) is 0 Å². The maximum absolute atomic E-state index is 10.4. The summed E-state index contributed by atoms with van der Waals surface area (Å²) in [6.45, 7) is 0.630. The molecule has 0 bridgehead atoms. The van der Waals surface area contributed by atoms with E-state index in [0.717, 1.165) is 44.3 Å². The van der Waals surface area contributed by atoms with E-state index in [0.29, 0.717) is 6.61 Å². The Labute approximate surface area is 132 Å². The quantitative estimate of drug-likeness (QED) is 0.682. The van der Waals surface area contributed by atoms with E-state index in [1.165, 1.54) is 11.1 Å². The summed E-state index contributed by atoms with van der Waals surface area (Å²) in [7, 11) is 0. The molecule has 1 aliphatic carbocycles. The molecule has 3 nitrogen and oxygen atoms in total. The van der Waals surface area contributed by atoms with Crippen LogP contribution in [0.4, 0.5) is 0 Å². The van der Waals surface area contributed by atoms with Gasteiger partial charge in [0.2, 0.25) is 0 Å². The van der Waals surface area contributed by atoms with Crippen LogP contribution < -0.4 is 4.74 Å². The lowest BCUT2D eigenvalue weighted by molar-refractivity contribution is -0.137. The summed E-state index contributed by atoms with van der Waals surface area (Å²) in [5.41, 5.74) is 2.52. The highest BCUT2D eigenvalue weighted by Gasteiger charge is 2.01. The predicted molar refractivity (Wildman–Crippen MR) is 88.2 cm³/mol. The monoisotopic (exact) mass is 300 g/mol. The van der Waals surface area contributed by atoms with Crippen LogP contribution in [0.3, 0.4) is 0 Å². The molecule has 3 heteroatoms. The molecule has 0 saturated heterocycles. The van der Waals surface area contributed by atoms with Crippen molar-refractivity contribution in [2.75, 3.05) is 6.61 Å². The molecule has 1 N–H and O–H groups in total. The van der Waals surface area contributed by atoms with Gasteiger partial charge in [-0.3, -0.25) is 4.79 Å². The van der Waals surface area contributed by atoms with Crippen LogP contribution in [0.2, 0.25) is 0 Å². The molecule has 1 aromatic rings. The van der Waals surface area contributed by atoms with Crippen molar-refractivity contribution in [1.29, 1.82) is 0 Å². The molecule has 0 aliphatic heterocycles. The molecule has 0 heterocycles. The van der Waals surface area contributed by atoms with E-state index in [9.17, 15) is 4.79 Å². The molecule has 1 aliphatic rings. The second kappa shape index (κ2) is 9.08. The SMILES string of the molecule is O=C(O)CCCCCc1ccc(OCC2=CCCC=C2)cc1. The Hall–Kier alpha value is -2.03. The number of carbonyl (C=O) groups is 1. The second-order valence-corrected chi connectivity index (χ2v) is 5.65. The number of rotatable bonds is 9. The lowest BCUT2D eigenvalue weighted by Crippen LogP contribution is -2.01. The third-order valence-electron chi connectivity index (χ3n) is 3.76. The fraction of sp³-hybridized carbons (Fsp3) is 0.421. The molecule has 0 spiro atoms. The van der Waals surface area contributed by atoms with Crippen molar-refractivity contribution in [3.8, 4) is 5.75 Å². The van der Waals surface area contributed by atoms with Crippen molar-refractivity contribution >= 4 is 5.97 Å². The summed E-state index contributed by atoms with van der Waals surface area (Å²) in [5.74, 6) is 0.193. The summed E-state index contributed by atoms with van der Waals surface area (Å²) in [6.07, 6.45) is 12.8. The van der Waals surface area contributed by atoms with Crippen LogP contribution in [0.5, 0.6) is 5.75 Å². The fourth-order valence-corrected chi connectivity index (χ4v) is 2.48. The molecule has 22 heavy (non-hydrogen) atoms. The number of hydrogen-bond donors (Lipinski definition) is 1. The van der Waals surface area contributed by atoms with Crippen molar-refractivity contribution < 1.29 is 14.6 Å². The van der Waals surface area contributed by atoms with Crippen molar-refractivity contribution in [3.05, 3.63) is 53.6 Å². The molecule has 1 aromatic carbocycles. The number of ether oxygens (including phenoxy) is 1. The van der Waals surface area contributed by atoms with Crippen LogP contribution >= 0.6 is 0 Å². The van der Waals surface area contributed by atoms with Gasteiger partial charge >= 0.3 is 5.97 Å². The summed E-state index contributed by atoms with van der Waals surface area (Å²) >= 11 is 0. The highest BCUT2D eigenvalue weighted by molar-refractivity contribution is 5.66. The first-order valence-corrected chi connectivity index (χ1v) is 8.03. The van der Waals surface area contributed by atoms with Gasteiger partial charge in [-0.25, -0.2) is 0 Å². The molecule has 0 saturated carbocycles. The Bertz CT molecular complexity index is 526. The number of allylic oxidation sites excluding steroid dienone is 2. The molecule has 2 rings (SSSR count). The van der Waals surface area contributed by atoms with Crippen LogP contribution in [-0.2, 0) is 11.2 Å². The summed E-state index contributed by atoms with van der Waals surface area (Å²) < 4.78 is 5.79. The van der Waals surface area contributed by atoms with Crippen LogP contribution in [0.1, 0.15) is 44.1 Å². The number of unbranched alkanes of at least 4 members (excludes halogenated alkanes) is 2. The van der Waals surface area contributed by atoms with E-state index in [1.807, 2.05) is 12.1 Å². The molecule has 0 fully saturated rings. The highest BCUT2D eigenvalue weighted by Crippen LogP contribution is 2.17. The Balaban J connectivity index is 1.67. The molecule has 0 radical (unpaired) electrons. The van der Waals surface area contributed by atoms with Crippen LogP contribution in [0.25, 0.3) is 0 Å². The van der Waals surface area contributed by atoms with Gasteiger partial charge in [-0.1, -0.05) is 36.8 Å². The maximum Gasteiger partial charge on any atom is 0.303 e. The molecule has 0 atom stereocenters. The van der Waals surface area contributed by atoms with E-state index in [-0.39, 0.29) is 6.42 Å². The minimum absolute atomic E-state index is 0.275. The first-order valence-electron chi connectivity index (χ1n) is 8.03. The van der Waals surface area contributed by atoms with Gasteiger partial charge in [-0.15, -0.1) is 0 Å². The average Bonchev–Trinajstić information content (AvgIpc) is 2.54. The third-order valence-corrected chi connectivity index (χ3v) is 3.76. The van der Waals surface area contributed by atoms with Gasteiger partial charge < -0.3 is 9.84 Å². The smallest absolute Gasteiger partial charge is 0.303 e. The van der Waals surface area contributed by atoms with Gasteiger partial charge in [0.1, 0.15) is 12.4 Å². The van der Waals surface area contributed by atoms with Gasteiger partial charge in [-0.05, 0) is 55.4 Å². The van der Waals surface area contributed by atoms with Gasteiger partial charge in [0.15, 0.2) is 0 Å². The Morgan fingerprint density at radius 1 is 1.09 bits per heavy atom. The Morgan fingerprint density at radius 3 is 2.59 bits per heavy atom. The first kappa shape index (κ1) is 16.3. The van der Waals surface area contributed by atoms with Crippen molar-refractivity contribution in [1.82, 2.24) is 0 Å². The minimum atomic E-state index is -0.704. The summed E-state index contributed by atoms with van der Waals surface area (Å²) in [6, 6.07) is 8.22. The number of hydrogen-bond acceptors (Lipinski definition) is 2. The van der Waals surface area contributed by atoms with Gasteiger partial charge in [0, 0.05) is 6.42 Å². The van der Waals surface area contributed by atoms with Crippen molar-refractivity contribution in [2.45, 2.75) is 44.9 Å². The first-order chi connectivity index (χ1) is 10.7. The fourth-order valence-electron chi connectivity index (χ4n) is 2.48. The van der Waals surface area contributed by atoms with Crippen LogP contribution in [-0.4, -0.2) is 17.7 Å².